The predicted octanol–water partition coefficient (Wildman–Crippen LogP) is 20.5. The van der Waals surface area contributed by atoms with Gasteiger partial charge in [0.15, 0.2) is 6.10 Å². The molecule has 1 N–H and O–H groups in total. The van der Waals surface area contributed by atoms with Gasteiger partial charge in [-0.3, -0.25) is 18.6 Å². The lowest BCUT2D eigenvalue weighted by molar-refractivity contribution is -0.870. The first-order valence-electron chi connectivity index (χ1n) is 32.1. The van der Waals surface area contributed by atoms with Gasteiger partial charge in [-0.05, 0) is 83.5 Å². The number of allylic oxidation sites excluding steroid dienone is 18. The van der Waals surface area contributed by atoms with Crippen molar-refractivity contribution < 1.29 is 42.1 Å². The van der Waals surface area contributed by atoms with Crippen LogP contribution >= 0.6 is 7.82 Å². The van der Waals surface area contributed by atoms with Crippen LogP contribution in [0.2, 0.25) is 0 Å². The van der Waals surface area contributed by atoms with Crippen LogP contribution in [0.25, 0.3) is 0 Å². The van der Waals surface area contributed by atoms with Crippen LogP contribution in [-0.2, 0) is 32.7 Å². The zero-order valence-electron chi connectivity index (χ0n) is 51.6. The molecule has 0 saturated heterocycles. The molecule has 0 saturated carbocycles. The number of hydrogen-bond donors (Lipinski definition) is 1. The molecule has 10 heteroatoms. The van der Waals surface area contributed by atoms with Gasteiger partial charge in [0.05, 0.1) is 27.7 Å². The van der Waals surface area contributed by atoms with Gasteiger partial charge in [-0.1, -0.05) is 277 Å². The SMILES string of the molecule is CC/C=C\C/C=C\C/C=C\C/C=C\C/C=C\C/C=C\C/C=C\C/C=C\C/C=C\CCCCCCCCCCCCCCCC(=O)OC(COC(=O)CCCCCCCCCCCCCCCC)COP(=O)(O)OCC[N+](C)(C)C. The topological polar surface area (TPSA) is 108 Å². The van der Waals surface area contributed by atoms with Gasteiger partial charge >= 0.3 is 19.8 Å². The summed E-state index contributed by atoms with van der Waals surface area (Å²) in [5.41, 5.74) is 0. The smallest absolute Gasteiger partial charge is 0.462 e. The zero-order valence-corrected chi connectivity index (χ0v) is 52.5. The summed E-state index contributed by atoms with van der Waals surface area (Å²) in [7, 11) is 1.48. The lowest BCUT2D eigenvalue weighted by Crippen LogP contribution is -2.37. The number of phosphoric acid groups is 1. The number of rotatable bonds is 58. The fourth-order valence-electron chi connectivity index (χ4n) is 8.66. The molecule has 0 bridgehead atoms. The van der Waals surface area contributed by atoms with Crippen LogP contribution in [0.4, 0.5) is 0 Å². The fourth-order valence-corrected chi connectivity index (χ4v) is 9.40. The van der Waals surface area contributed by atoms with Gasteiger partial charge in [0.25, 0.3) is 0 Å². The Hall–Kier alpha value is -3.33. The van der Waals surface area contributed by atoms with E-state index in [1.54, 1.807) is 0 Å². The van der Waals surface area contributed by atoms with E-state index in [0.717, 1.165) is 96.3 Å². The van der Waals surface area contributed by atoms with E-state index in [-0.39, 0.29) is 32.0 Å². The average molecular weight is 1120 g/mol. The number of likely N-dealkylation sites (N-methyl/N-ethyl adjacent to an activating group) is 1. The van der Waals surface area contributed by atoms with Gasteiger partial charge in [-0.2, -0.15) is 0 Å². The summed E-state index contributed by atoms with van der Waals surface area (Å²) >= 11 is 0. The van der Waals surface area contributed by atoms with Crippen LogP contribution in [0.15, 0.2) is 109 Å². The Morgan fingerprint density at radius 2 is 0.722 bits per heavy atom. The molecule has 2 unspecified atom stereocenters. The van der Waals surface area contributed by atoms with Crippen molar-refractivity contribution in [1.29, 1.82) is 0 Å². The number of nitrogens with zero attached hydrogens (tertiary/aromatic N) is 1. The van der Waals surface area contributed by atoms with Crippen molar-refractivity contribution in [1.82, 2.24) is 0 Å². The van der Waals surface area contributed by atoms with E-state index in [2.05, 4.69) is 123 Å². The minimum absolute atomic E-state index is 0.0296. The van der Waals surface area contributed by atoms with Gasteiger partial charge in [0.1, 0.15) is 19.8 Å². The van der Waals surface area contributed by atoms with E-state index in [1.165, 1.54) is 135 Å². The number of carbonyl (C=O) groups is 2. The van der Waals surface area contributed by atoms with Crippen molar-refractivity contribution in [2.75, 3.05) is 47.5 Å². The Morgan fingerprint density at radius 1 is 0.405 bits per heavy atom. The third kappa shape index (κ3) is 63.7. The number of carbonyl (C=O) groups excluding carboxylic acids is 2. The van der Waals surface area contributed by atoms with Gasteiger partial charge in [-0.25, -0.2) is 4.57 Å². The molecule has 2 atom stereocenters. The lowest BCUT2D eigenvalue weighted by Gasteiger charge is -2.24. The largest absolute Gasteiger partial charge is 0.472 e. The first-order chi connectivity index (χ1) is 38.5. The van der Waals surface area contributed by atoms with Crippen molar-refractivity contribution in [3.8, 4) is 0 Å². The lowest BCUT2D eigenvalue weighted by atomic mass is 10.0. The van der Waals surface area contributed by atoms with E-state index in [9.17, 15) is 19.0 Å². The molecule has 0 spiro atoms. The molecule has 9 nitrogen and oxygen atoms in total. The summed E-state index contributed by atoms with van der Waals surface area (Å²) in [5.74, 6) is -0.794. The third-order valence-electron chi connectivity index (χ3n) is 13.6. The van der Waals surface area contributed by atoms with Crippen molar-refractivity contribution in [2.24, 2.45) is 0 Å². The number of unbranched alkanes of at least 4 members (excludes halogenated alkanes) is 26. The van der Waals surface area contributed by atoms with Gasteiger partial charge < -0.3 is 18.9 Å². The first kappa shape index (κ1) is 75.7. The Labute approximate surface area is 486 Å². The second kappa shape index (κ2) is 59.3. The molecule has 0 aliphatic rings. The molecule has 0 rings (SSSR count). The summed E-state index contributed by atoms with van der Waals surface area (Å²) in [6, 6.07) is 0. The molecule has 0 radical (unpaired) electrons. The maximum atomic E-state index is 12.8. The molecule has 0 aromatic rings. The Bertz CT molecular complexity index is 1700. The van der Waals surface area contributed by atoms with Crippen molar-refractivity contribution >= 4 is 19.8 Å². The molecule has 0 aliphatic heterocycles. The van der Waals surface area contributed by atoms with Gasteiger partial charge in [0.2, 0.25) is 0 Å². The van der Waals surface area contributed by atoms with Crippen LogP contribution in [0.3, 0.4) is 0 Å². The molecular weight excluding hydrogens is 1000 g/mol. The minimum Gasteiger partial charge on any atom is -0.462 e. The van der Waals surface area contributed by atoms with Crippen LogP contribution in [0.5, 0.6) is 0 Å². The second-order valence-corrected chi connectivity index (χ2v) is 23.9. The summed E-state index contributed by atoms with van der Waals surface area (Å²) in [4.78, 5) is 35.7. The third-order valence-corrected chi connectivity index (χ3v) is 14.6. The fraction of sp³-hybridized carbons (Fsp3) is 0.710. The summed E-state index contributed by atoms with van der Waals surface area (Å²) in [6.07, 6.45) is 83.2. The highest BCUT2D eigenvalue weighted by Crippen LogP contribution is 2.43. The van der Waals surface area contributed by atoms with Gasteiger partial charge in [-0.15, -0.1) is 0 Å². The molecule has 0 aliphatic carbocycles. The number of phosphoric ester groups is 1. The van der Waals surface area contributed by atoms with E-state index >= 15 is 0 Å². The molecule has 0 heterocycles. The van der Waals surface area contributed by atoms with E-state index in [4.69, 9.17) is 18.5 Å². The molecule has 0 amide bonds. The van der Waals surface area contributed by atoms with Crippen LogP contribution in [0.1, 0.15) is 264 Å². The zero-order chi connectivity index (χ0) is 57.7. The first-order valence-corrected chi connectivity index (χ1v) is 33.6. The second-order valence-electron chi connectivity index (χ2n) is 22.4. The van der Waals surface area contributed by atoms with Crippen LogP contribution in [0, 0.1) is 0 Å². The summed E-state index contributed by atoms with van der Waals surface area (Å²) in [5, 5.41) is 0. The number of ether oxygens (including phenoxy) is 2. The quantitative estimate of drug-likeness (QED) is 0.0211. The predicted molar refractivity (Wildman–Crippen MR) is 339 cm³/mol. The van der Waals surface area contributed by atoms with Crippen molar-refractivity contribution in [3.05, 3.63) is 109 Å². The number of esters is 2. The minimum atomic E-state index is -4.39. The van der Waals surface area contributed by atoms with Crippen molar-refractivity contribution in [2.45, 2.75) is 270 Å². The highest BCUT2D eigenvalue weighted by atomic mass is 31.2. The normalized spacial score (nSPS) is 13.9. The standard InChI is InChI=1S/C69H120NO8P/c1-6-8-10-12-14-16-18-20-22-23-24-25-26-27-28-29-30-31-32-33-34-35-36-37-38-39-40-41-42-43-44-45-46-47-48-50-52-54-56-58-60-62-69(72)78-67(66-77-79(73,74)76-64-63-70(3,4)5)65-75-68(71)61-59-57-55-53-51-49-21-19-17-15-13-11-9-7-2/h8,10,14,16,20,22,24-25,27-28,30-31,33-34,36-37,39-40,67H,6-7,9,11-13,15,17-19,21,23,26,29,32,35,38,41-66H2,1-5H3/p+1/b10-8-,16-14-,22-20-,25-24-,28-27-,31-30-,34-33-,37-36-,40-39-. The highest BCUT2D eigenvalue weighted by Gasteiger charge is 2.27. The van der Waals surface area contributed by atoms with Gasteiger partial charge in [0, 0.05) is 12.8 Å². The molecular formula is C69H121NO8P+. The Kier molecular flexibility index (Phi) is 56.8. The van der Waals surface area contributed by atoms with E-state index < -0.39 is 26.5 Å². The van der Waals surface area contributed by atoms with E-state index in [1.807, 2.05) is 21.1 Å². The Balaban J connectivity index is 4.01. The molecule has 79 heavy (non-hydrogen) atoms. The number of quaternary nitrogens is 1. The summed E-state index contributed by atoms with van der Waals surface area (Å²) in [6.45, 7) is 4.33. The van der Waals surface area contributed by atoms with Crippen LogP contribution < -0.4 is 0 Å². The molecule has 0 fully saturated rings. The number of hydrogen-bond acceptors (Lipinski definition) is 7. The monoisotopic (exact) mass is 1120 g/mol. The molecule has 0 aromatic heterocycles. The average Bonchev–Trinajstić information content (AvgIpc) is 3.41. The Morgan fingerprint density at radius 3 is 1.08 bits per heavy atom. The maximum Gasteiger partial charge on any atom is 0.472 e. The molecule has 454 valence electrons. The van der Waals surface area contributed by atoms with Crippen molar-refractivity contribution in [3.63, 3.8) is 0 Å². The summed E-state index contributed by atoms with van der Waals surface area (Å²) < 4.78 is 34.6. The maximum absolute atomic E-state index is 12.8. The highest BCUT2D eigenvalue weighted by molar-refractivity contribution is 7.47. The van der Waals surface area contributed by atoms with E-state index in [0.29, 0.717) is 17.4 Å². The molecule has 0 aromatic carbocycles. The van der Waals surface area contributed by atoms with Crippen LogP contribution in [-0.4, -0.2) is 74.9 Å².